The zero-order chi connectivity index (χ0) is 24.9. The number of urea groups is 1. The van der Waals surface area contributed by atoms with E-state index in [1.165, 1.54) is 11.0 Å². The normalized spacial score (nSPS) is 16.3. The Morgan fingerprint density at radius 3 is 2.63 bits per heavy atom. The molecule has 2 N–H and O–H groups in total. The van der Waals surface area contributed by atoms with Crippen molar-refractivity contribution < 1.29 is 9.59 Å². The molecule has 2 aromatic carbocycles. The number of carbonyl (C=O) groups excluding carboxylic acids is 2. The molecule has 1 atom stereocenters. The van der Waals surface area contributed by atoms with Crippen molar-refractivity contribution in [1.82, 2.24) is 25.1 Å². The number of hydrogen-bond donors (Lipinski definition) is 2. The number of aromatic nitrogens is 2. The number of rotatable bonds is 6. The van der Waals surface area contributed by atoms with Crippen LogP contribution in [0.4, 0.5) is 10.7 Å². The summed E-state index contributed by atoms with van der Waals surface area (Å²) in [6.07, 6.45) is 3.33. The molecular weight excluding hydrogens is 487 g/mol. The number of likely N-dealkylation sites (N-methyl/N-ethyl adjacent to an activating group) is 1. The van der Waals surface area contributed by atoms with E-state index in [4.69, 9.17) is 23.2 Å². The summed E-state index contributed by atoms with van der Waals surface area (Å²) in [7, 11) is 3.84. The number of ketones is 1. The van der Waals surface area contributed by atoms with E-state index in [-0.39, 0.29) is 11.7 Å². The Kier molecular flexibility index (Phi) is 7.97. The van der Waals surface area contributed by atoms with Gasteiger partial charge in [0.2, 0.25) is 5.95 Å². The van der Waals surface area contributed by atoms with Crippen LogP contribution in [0.2, 0.25) is 10.0 Å². The molecule has 1 fully saturated rings. The van der Waals surface area contributed by atoms with Gasteiger partial charge >= 0.3 is 6.03 Å². The van der Waals surface area contributed by atoms with Crippen molar-refractivity contribution in [2.75, 3.05) is 45.6 Å². The number of halogens is 2. The third kappa shape index (κ3) is 6.15. The number of piperazine rings is 1. The summed E-state index contributed by atoms with van der Waals surface area (Å²) in [5, 5.41) is 7.89. The highest BCUT2D eigenvalue weighted by molar-refractivity contribution is 6.31. The highest BCUT2D eigenvalue weighted by Crippen LogP contribution is 2.30. The van der Waals surface area contributed by atoms with Crippen LogP contribution in [0.25, 0.3) is 22.2 Å². The van der Waals surface area contributed by atoms with Gasteiger partial charge in [-0.05, 0) is 50.5 Å². The van der Waals surface area contributed by atoms with Crippen molar-refractivity contribution in [3.05, 3.63) is 64.7 Å². The molecule has 1 aliphatic heterocycles. The quantitative estimate of drug-likeness (QED) is 0.483. The fraction of sp³-hybridized carbons (Fsp3) is 0.280. The molecule has 0 saturated carbocycles. The predicted octanol–water partition coefficient (Wildman–Crippen LogP) is 4.10. The second-order valence-corrected chi connectivity index (χ2v) is 9.35. The first kappa shape index (κ1) is 25.1. The van der Waals surface area contributed by atoms with Gasteiger partial charge in [0.05, 0.1) is 11.2 Å². The Bertz CT molecular complexity index is 1260. The molecule has 1 saturated heterocycles. The van der Waals surface area contributed by atoms with Gasteiger partial charge in [0.15, 0.2) is 5.78 Å². The molecule has 2 amide bonds. The van der Waals surface area contributed by atoms with E-state index in [1.807, 2.05) is 37.2 Å². The molecule has 182 valence electrons. The van der Waals surface area contributed by atoms with Crippen molar-refractivity contribution in [2.45, 2.75) is 6.04 Å². The van der Waals surface area contributed by atoms with Gasteiger partial charge in [-0.1, -0.05) is 41.4 Å². The van der Waals surface area contributed by atoms with E-state index < -0.39 is 12.1 Å². The van der Waals surface area contributed by atoms with Gasteiger partial charge in [0.1, 0.15) is 6.04 Å². The summed E-state index contributed by atoms with van der Waals surface area (Å²) >= 11 is 12.3. The van der Waals surface area contributed by atoms with Crippen LogP contribution in [0.1, 0.15) is 0 Å². The first-order valence-corrected chi connectivity index (χ1v) is 11.9. The largest absolute Gasteiger partial charge is 0.324 e. The van der Waals surface area contributed by atoms with Crippen molar-refractivity contribution in [1.29, 1.82) is 0 Å². The van der Waals surface area contributed by atoms with E-state index >= 15 is 0 Å². The van der Waals surface area contributed by atoms with E-state index in [0.29, 0.717) is 47.4 Å². The van der Waals surface area contributed by atoms with Gasteiger partial charge < -0.3 is 15.1 Å². The number of anilines is 1. The monoisotopic (exact) mass is 512 g/mol. The van der Waals surface area contributed by atoms with Crippen molar-refractivity contribution in [3.63, 3.8) is 0 Å². The minimum atomic E-state index is -0.618. The minimum absolute atomic E-state index is 0.127. The third-order valence-corrected chi connectivity index (χ3v) is 6.07. The molecule has 0 bridgehead atoms. The lowest BCUT2D eigenvalue weighted by Gasteiger charge is -2.34. The van der Waals surface area contributed by atoms with Crippen LogP contribution in [0.3, 0.4) is 0 Å². The molecule has 35 heavy (non-hydrogen) atoms. The maximum absolute atomic E-state index is 13.2. The fourth-order valence-electron chi connectivity index (χ4n) is 3.85. The summed E-state index contributed by atoms with van der Waals surface area (Å²) in [4.78, 5) is 38.7. The number of nitrogens with zero attached hydrogens (tertiary/aromatic N) is 4. The Morgan fingerprint density at radius 2 is 1.89 bits per heavy atom. The summed E-state index contributed by atoms with van der Waals surface area (Å²) in [6.45, 7) is 1.98. The molecule has 1 unspecified atom stereocenters. The van der Waals surface area contributed by atoms with Gasteiger partial charge in [-0.15, -0.1) is 0 Å². The van der Waals surface area contributed by atoms with Crippen LogP contribution < -0.4 is 10.6 Å². The van der Waals surface area contributed by atoms with E-state index in [0.717, 1.165) is 10.9 Å². The molecule has 3 aromatic rings. The van der Waals surface area contributed by atoms with Gasteiger partial charge in [0, 0.05) is 47.2 Å². The van der Waals surface area contributed by atoms with Gasteiger partial charge in [-0.25, -0.2) is 14.8 Å². The van der Waals surface area contributed by atoms with Crippen LogP contribution >= 0.6 is 23.2 Å². The lowest BCUT2D eigenvalue weighted by Crippen LogP contribution is -2.57. The fourth-order valence-corrected chi connectivity index (χ4v) is 4.14. The smallest absolute Gasteiger partial charge is 0.312 e. The van der Waals surface area contributed by atoms with Crippen LogP contribution in [-0.2, 0) is 4.79 Å². The number of amides is 2. The Morgan fingerprint density at radius 1 is 1.14 bits per heavy atom. The molecule has 4 rings (SSSR count). The average Bonchev–Trinajstić information content (AvgIpc) is 2.83. The predicted molar refractivity (Wildman–Crippen MR) is 140 cm³/mol. The van der Waals surface area contributed by atoms with E-state index in [9.17, 15) is 9.59 Å². The molecule has 8 nitrogen and oxygen atoms in total. The van der Waals surface area contributed by atoms with Crippen molar-refractivity contribution in [2.24, 2.45) is 0 Å². The number of benzene rings is 2. The maximum atomic E-state index is 13.2. The topological polar surface area (TPSA) is 90.5 Å². The first-order valence-electron chi connectivity index (χ1n) is 11.2. The standard InChI is InChI=1S/C25H26Cl2N6O2/c1-32(2)12-3-4-22(34)21-15-28-11-13-33(21)25(35)31-24-29-20-14-18(27)9-10-19(20)23(30-24)16-5-7-17(26)8-6-16/h3-10,14,21,28H,11-13,15H2,1-2H3,(H,29,30,31,35)/b4-3+. The molecule has 0 spiro atoms. The number of carbonyl (C=O) groups is 2. The van der Waals surface area contributed by atoms with Crippen LogP contribution in [0.15, 0.2) is 54.6 Å². The molecule has 0 radical (unpaired) electrons. The summed E-state index contributed by atoms with van der Waals surface area (Å²) in [5.74, 6) is -0.00939. The van der Waals surface area contributed by atoms with Gasteiger partial charge in [0.25, 0.3) is 0 Å². The Hall–Kier alpha value is -3.04. The zero-order valence-electron chi connectivity index (χ0n) is 19.5. The molecule has 1 aromatic heterocycles. The van der Waals surface area contributed by atoms with Crippen molar-refractivity contribution in [3.8, 4) is 11.3 Å². The highest BCUT2D eigenvalue weighted by atomic mass is 35.5. The van der Waals surface area contributed by atoms with Crippen LogP contribution in [-0.4, -0.2) is 77.9 Å². The third-order valence-electron chi connectivity index (χ3n) is 5.58. The molecule has 2 heterocycles. The minimum Gasteiger partial charge on any atom is -0.312 e. The second-order valence-electron chi connectivity index (χ2n) is 8.47. The second kappa shape index (κ2) is 11.1. The van der Waals surface area contributed by atoms with Gasteiger partial charge in [-0.3, -0.25) is 10.1 Å². The number of nitrogens with one attached hydrogen (secondary N) is 2. The summed E-state index contributed by atoms with van der Waals surface area (Å²) in [6, 6.07) is 11.6. The number of fused-ring (bicyclic) bond motifs is 1. The Labute approximate surface area is 213 Å². The van der Waals surface area contributed by atoms with Crippen LogP contribution in [0, 0.1) is 0 Å². The molecule has 0 aliphatic carbocycles. The van der Waals surface area contributed by atoms with Gasteiger partial charge in [-0.2, -0.15) is 0 Å². The van der Waals surface area contributed by atoms with E-state index in [2.05, 4.69) is 20.6 Å². The lowest BCUT2D eigenvalue weighted by atomic mass is 10.1. The molecule has 10 heteroatoms. The highest BCUT2D eigenvalue weighted by Gasteiger charge is 2.31. The van der Waals surface area contributed by atoms with Crippen molar-refractivity contribution >= 4 is 51.9 Å². The summed E-state index contributed by atoms with van der Waals surface area (Å²) in [5.41, 5.74) is 2.05. The number of hydrogen-bond acceptors (Lipinski definition) is 6. The van der Waals surface area contributed by atoms with Crippen LogP contribution in [0.5, 0.6) is 0 Å². The average molecular weight is 513 g/mol. The SMILES string of the molecule is CN(C)C/C=C/C(=O)C1CNCCN1C(=O)Nc1nc(-c2ccc(Cl)cc2)c2ccc(Cl)cc2n1. The molecule has 1 aliphatic rings. The maximum Gasteiger partial charge on any atom is 0.324 e. The Balaban J connectivity index is 1.62. The lowest BCUT2D eigenvalue weighted by molar-refractivity contribution is -0.119. The van der Waals surface area contributed by atoms with E-state index in [1.54, 1.807) is 30.3 Å². The zero-order valence-corrected chi connectivity index (χ0v) is 21.0. The first-order chi connectivity index (χ1) is 16.8. The summed E-state index contributed by atoms with van der Waals surface area (Å²) < 4.78 is 0. The molecular formula is C25H26Cl2N6O2.